The maximum absolute atomic E-state index is 14.5. The highest BCUT2D eigenvalue weighted by atomic mass is 35.5. The number of carbonyl (C=O) groups excluding carboxylic acids is 1. The number of hydrogen-bond donors (Lipinski definition) is 2. The summed E-state index contributed by atoms with van der Waals surface area (Å²) in [5.41, 5.74) is 2.96. The van der Waals surface area contributed by atoms with Gasteiger partial charge >= 0.3 is 0 Å². The van der Waals surface area contributed by atoms with Crippen LogP contribution in [0.5, 0.6) is 0 Å². The van der Waals surface area contributed by atoms with E-state index in [0.717, 1.165) is 24.1 Å². The number of rotatable bonds is 3. The molecule has 2 heterocycles. The second-order valence-corrected chi connectivity index (χ2v) is 5.99. The first-order chi connectivity index (χ1) is 10.2. The molecule has 0 saturated heterocycles. The van der Waals surface area contributed by atoms with Crippen LogP contribution in [0, 0.1) is 5.82 Å². The third kappa shape index (κ3) is 3.16. The highest BCUT2D eigenvalue weighted by molar-refractivity contribution is 7.12. The van der Waals surface area contributed by atoms with Crippen molar-refractivity contribution in [1.82, 2.24) is 5.32 Å². The standard InChI is InChI=1S/C16H17FN2OS.ClH/c1-2-10-6-8-21-15(10)16(20)19-13-4-3-11-9-18-7-5-12(11)14(13)17;/h3-4,6,8,18H,2,5,7,9H2,1H3,(H,19,20);1H. The highest BCUT2D eigenvalue weighted by Gasteiger charge is 2.19. The van der Waals surface area contributed by atoms with Gasteiger partial charge in [-0.25, -0.2) is 4.39 Å². The summed E-state index contributed by atoms with van der Waals surface area (Å²) in [7, 11) is 0. The van der Waals surface area contributed by atoms with Crippen LogP contribution in [0.25, 0.3) is 0 Å². The van der Waals surface area contributed by atoms with Gasteiger partial charge in [-0.1, -0.05) is 13.0 Å². The first-order valence-corrected chi connectivity index (χ1v) is 7.97. The van der Waals surface area contributed by atoms with Crippen LogP contribution >= 0.6 is 23.7 Å². The lowest BCUT2D eigenvalue weighted by molar-refractivity contribution is 0.102. The van der Waals surface area contributed by atoms with Gasteiger partial charge in [-0.05, 0) is 53.6 Å². The van der Waals surface area contributed by atoms with Gasteiger partial charge in [0.05, 0.1) is 10.6 Å². The van der Waals surface area contributed by atoms with Crippen molar-refractivity contribution in [1.29, 1.82) is 0 Å². The van der Waals surface area contributed by atoms with Crippen molar-refractivity contribution in [2.24, 2.45) is 0 Å². The molecule has 2 N–H and O–H groups in total. The molecule has 1 amide bonds. The summed E-state index contributed by atoms with van der Waals surface area (Å²) in [6, 6.07) is 5.47. The van der Waals surface area contributed by atoms with Crippen LogP contribution in [0.2, 0.25) is 0 Å². The van der Waals surface area contributed by atoms with Gasteiger partial charge in [0.2, 0.25) is 0 Å². The molecule has 0 atom stereocenters. The molecule has 0 aliphatic carbocycles. The Hall–Kier alpha value is -1.43. The number of amides is 1. The van der Waals surface area contributed by atoms with E-state index in [1.807, 2.05) is 24.4 Å². The predicted octanol–water partition coefficient (Wildman–Crippen LogP) is 3.77. The molecule has 1 aliphatic rings. The molecule has 6 heteroatoms. The van der Waals surface area contributed by atoms with Gasteiger partial charge in [0.25, 0.3) is 5.91 Å². The van der Waals surface area contributed by atoms with E-state index < -0.39 is 0 Å². The van der Waals surface area contributed by atoms with Crippen molar-refractivity contribution in [3.63, 3.8) is 0 Å². The third-order valence-corrected chi connectivity index (χ3v) is 4.74. The van der Waals surface area contributed by atoms with Crippen LogP contribution in [-0.4, -0.2) is 12.5 Å². The number of aryl methyl sites for hydroxylation is 1. The molecule has 1 aromatic carbocycles. The van der Waals surface area contributed by atoms with E-state index in [9.17, 15) is 9.18 Å². The molecule has 0 spiro atoms. The van der Waals surface area contributed by atoms with E-state index in [2.05, 4.69) is 10.6 Å². The molecule has 0 radical (unpaired) electrons. The molecule has 118 valence electrons. The average Bonchev–Trinajstić information content (AvgIpc) is 2.99. The molecule has 0 saturated carbocycles. The van der Waals surface area contributed by atoms with Crippen molar-refractivity contribution in [2.75, 3.05) is 11.9 Å². The number of hydrogen-bond acceptors (Lipinski definition) is 3. The molecule has 0 bridgehead atoms. The molecule has 0 unspecified atom stereocenters. The minimum Gasteiger partial charge on any atom is -0.319 e. The topological polar surface area (TPSA) is 41.1 Å². The lowest BCUT2D eigenvalue weighted by atomic mass is 9.99. The summed E-state index contributed by atoms with van der Waals surface area (Å²) in [4.78, 5) is 13.0. The van der Waals surface area contributed by atoms with Gasteiger partial charge in [0.15, 0.2) is 0 Å². The van der Waals surface area contributed by atoms with Gasteiger partial charge in [0, 0.05) is 6.54 Å². The Bertz CT molecular complexity index is 687. The maximum Gasteiger partial charge on any atom is 0.266 e. The summed E-state index contributed by atoms with van der Waals surface area (Å²) >= 11 is 1.39. The number of thiophene rings is 1. The van der Waals surface area contributed by atoms with Crippen LogP contribution in [0.4, 0.5) is 10.1 Å². The fraction of sp³-hybridized carbons (Fsp3) is 0.312. The van der Waals surface area contributed by atoms with Crippen LogP contribution in [0.3, 0.4) is 0 Å². The highest BCUT2D eigenvalue weighted by Crippen LogP contribution is 2.26. The largest absolute Gasteiger partial charge is 0.319 e. The van der Waals surface area contributed by atoms with Crippen molar-refractivity contribution >= 4 is 35.3 Å². The Morgan fingerprint density at radius 1 is 1.41 bits per heavy atom. The molecule has 1 aliphatic heterocycles. The Kier molecular flexibility index (Phi) is 5.56. The van der Waals surface area contributed by atoms with Gasteiger partial charge < -0.3 is 10.6 Å². The summed E-state index contributed by atoms with van der Waals surface area (Å²) in [5, 5.41) is 7.82. The lowest BCUT2D eigenvalue weighted by Gasteiger charge is -2.19. The Labute approximate surface area is 139 Å². The van der Waals surface area contributed by atoms with E-state index in [0.29, 0.717) is 23.4 Å². The van der Waals surface area contributed by atoms with Crippen LogP contribution in [0.15, 0.2) is 23.6 Å². The monoisotopic (exact) mass is 340 g/mol. The smallest absolute Gasteiger partial charge is 0.266 e. The molecule has 2 aromatic rings. The zero-order valence-electron chi connectivity index (χ0n) is 12.2. The Morgan fingerprint density at radius 2 is 2.23 bits per heavy atom. The molecule has 22 heavy (non-hydrogen) atoms. The zero-order chi connectivity index (χ0) is 14.8. The van der Waals surface area contributed by atoms with Crippen LogP contribution in [-0.2, 0) is 19.4 Å². The Balaban J connectivity index is 0.00000176. The first-order valence-electron chi connectivity index (χ1n) is 7.09. The minimum absolute atomic E-state index is 0. The van der Waals surface area contributed by atoms with Crippen molar-refractivity contribution in [3.05, 3.63) is 51.0 Å². The number of benzene rings is 1. The molecular formula is C16H18ClFN2OS. The number of halogens is 2. The number of fused-ring (bicyclic) bond motifs is 1. The van der Waals surface area contributed by atoms with E-state index in [-0.39, 0.29) is 29.8 Å². The minimum atomic E-state index is -0.294. The van der Waals surface area contributed by atoms with Gasteiger partial charge in [-0.2, -0.15) is 0 Å². The van der Waals surface area contributed by atoms with E-state index >= 15 is 0 Å². The Morgan fingerprint density at radius 3 is 3.00 bits per heavy atom. The normalized spacial score (nSPS) is 13.2. The van der Waals surface area contributed by atoms with Crippen LogP contribution < -0.4 is 10.6 Å². The van der Waals surface area contributed by atoms with E-state index in [1.54, 1.807) is 6.07 Å². The zero-order valence-corrected chi connectivity index (χ0v) is 13.9. The van der Waals surface area contributed by atoms with E-state index in [1.165, 1.54) is 11.3 Å². The summed E-state index contributed by atoms with van der Waals surface area (Å²) in [5.74, 6) is -0.522. The molecule has 3 nitrogen and oxygen atoms in total. The van der Waals surface area contributed by atoms with Gasteiger partial charge in [0.1, 0.15) is 5.82 Å². The van der Waals surface area contributed by atoms with Crippen molar-refractivity contribution < 1.29 is 9.18 Å². The SMILES string of the molecule is CCc1ccsc1C(=O)Nc1ccc2c(c1F)CCNC2.Cl. The van der Waals surface area contributed by atoms with Crippen molar-refractivity contribution in [2.45, 2.75) is 26.3 Å². The fourth-order valence-corrected chi connectivity index (χ4v) is 3.51. The van der Waals surface area contributed by atoms with Gasteiger partial charge in [-0.15, -0.1) is 23.7 Å². The second kappa shape index (κ2) is 7.22. The second-order valence-electron chi connectivity index (χ2n) is 5.07. The number of nitrogens with one attached hydrogen (secondary N) is 2. The lowest BCUT2D eigenvalue weighted by Crippen LogP contribution is -2.25. The summed E-state index contributed by atoms with van der Waals surface area (Å²) in [6.07, 6.45) is 1.45. The van der Waals surface area contributed by atoms with Gasteiger partial charge in [-0.3, -0.25) is 4.79 Å². The maximum atomic E-state index is 14.5. The fourth-order valence-electron chi connectivity index (χ4n) is 2.62. The molecule has 3 rings (SSSR count). The van der Waals surface area contributed by atoms with Crippen molar-refractivity contribution in [3.8, 4) is 0 Å². The number of carbonyl (C=O) groups is 1. The molecular weight excluding hydrogens is 323 g/mol. The summed E-state index contributed by atoms with van der Waals surface area (Å²) in [6.45, 7) is 3.46. The van der Waals surface area contributed by atoms with Crippen LogP contribution in [0.1, 0.15) is 33.3 Å². The summed E-state index contributed by atoms with van der Waals surface area (Å²) < 4.78 is 14.5. The van der Waals surface area contributed by atoms with E-state index in [4.69, 9.17) is 0 Å². The molecule has 0 fully saturated rings. The first kappa shape index (κ1) is 16.9. The average molecular weight is 341 g/mol. The predicted molar refractivity (Wildman–Crippen MR) is 90.7 cm³/mol. The molecule has 1 aromatic heterocycles. The number of anilines is 1. The third-order valence-electron chi connectivity index (χ3n) is 3.79. The quantitative estimate of drug-likeness (QED) is 0.893.